The summed E-state index contributed by atoms with van der Waals surface area (Å²) in [6.45, 7) is 0.709. The van der Waals surface area contributed by atoms with Gasteiger partial charge in [0.15, 0.2) is 0 Å². The SMILES string of the molecule is COc1cc(Br)ccc1C(=O)NCCCCI. The Kier molecular flexibility index (Phi) is 6.87. The molecule has 0 aliphatic carbocycles. The molecular weight excluding hydrogens is 397 g/mol. The molecule has 0 spiro atoms. The molecule has 0 aliphatic rings. The van der Waals surface area contributed by atoms with Crippen LogP contribution in [0.25, 0.3) is 0 Å². The maximum absolute atomic E-state index is 11.9. The van der Waals surface area contributed by atoms with Crippen LogP contribution in [-0.4, -0.2) is 24.0 Å². The van der Waals surface area contributed by atoms with Gasteiger partial charge in [-0.3, -0.25) is 4.79 Å². The van der Waals surface area contributed by atoms with Gasteiger partial charge < -0.3 is 10.1 Å². The minimum Gasteiger partial charge on any atom is -0.496 e. The van der Waals surface area contributed by atoms with Gasteiger partial charge in [0.25, 0.3) is 5.91 Å². The van der Waals surface area contributed by atoms with Crippen LogP contribution < -0.4 is 10.1 Å². The molecule has 5 heteroatoms. The molecule has 0 heterocycles. The second-order valence-electron chi connectivity index (χ2n) is 3.50. The van der Waals surface area contributed by atoms with E-state index in [-0.39, 0.29) is 5.91 Å². The highest BCUT2D eigenvalue weighted by Gasteiger charge is 2.11. The standard InChI is InChI=1S/C12H15BrINO2/c1-17-11-8-9(13)4-5-10(11)12(16)15-7-3-2-6-14/h4-5,8H,2-3,6-7H2,1H3,(H,15,16). The maximum Gasteiger partial charge on any atom is 0.255 e. The Hall–Kier alpha value is -0.300. The highest BCUT2D eigenvalue weighted by molar-refractivity contribution is 14.1. The topological polar surface area (TPSA) is 38.3 Å². The summed E-state index contributed by atoms with van der Waals surface area (Å²) < 4.78 is 7.20. The zero-order valence-electron chi connectivity index (χ0n) is 9.63. The van der Waals surface area contributed by atoms with Gasteiger partial charge in [0, 0.05) is 11.0 Å². The van der Waals surface area contributed by atoms with Crippen molar-refractivity contribution in [2.75, 3.05) is 18.1 Å². The van der Waals surface area contributed by atoms with Gasteiger partial charge in [-0.15, -0.1) is 0 Å². The van der Waals surface area contributed by atoms with Crippen LogP contribution in [0.1, 0.15) is 23.2 Å². The fourth-order valence-electron chi connectivity index (χ4n) is 1.37. The van der Waals surface area contributed by atoms with E-state index < -0.39 is 0 Å². The first-order chi connectivity index (χ1) is 8.19. The number of halogens is 2. The number of nitrogens with one attached hydrogen (secondary N) is 1. The van der Waals surface area contributed by atoms with Gasteiger partial charge in [-0.2, -0.15) is 0 Å². The first-order valence-corrected chi connectivity index (χ1v) is 7.68. The van der Waals surface area contributed by atoms with E-state index in [4.69, 9.17) is 4.74 Å². The van der Waals surface area contributed by atoms with E-state index in [1.165, 1.54) is 0 Å². The summed E-state index contributed by atoms with van der Waals surface area (Å²) in [7, 11) is 1.56. The molecule has 1 rings (SSSR count). The molecule has 3 nitrogen and oxygen atoms in total. The zero-order chi connectivity index (χ0) is 12.7. The molecule has 1 N–H and O–H groups in total. The number of carbonyl (C=O) groups is 1. The molecule has 1 amide bonds. The van der Waals surface area contributed by atoms with Crippen molar-refractivity contribution < 1.29 is 9.53 Å². The predicted octanol–water partition coefficient (Wildman–Crippen LogP) is 3.40. The molecule has 0 aliphatic heterocycles. The lowest BCUT2D eigenvalue weighted by Crippen LogP contribution is -2.24. The summed E-state index contributed by atoms with van der Waals surface area (Å²) in [4.78, 5) is 11.9. The van der Waals surface area contributed by atoms with E-state index in [0.29, 0.717) is 17.9 Å². The Labute approximate surface area is 124 Å². The Morgan fingerprint density at radius 2 is 2.24 bits per heavy atom. The number of rotatable bonds is 6. The third-order valence-corrected chi connectivity index (χ3v) is 3.51. The summed E-state index contributed by atoms with van der Waals surface area (Å²) in [6.07, 6.45) is 2.13. The van der Waals surface area contributed by atoms with Crippen molar-refractivity contribution >= 4 is 44.4 Å². The van der Waals surface area contributed by atoms with E-state index in [1.54, 1.807) is 19.2 Å². The van der Waals surface area contributed by atoms with E-state index in [1.807, 2.05) is 6.07 Å². The van der Waals surface area contributed by atoms with Crippen LogP contribution in [0.2, 0.25) is 0 Å². The van der Waals surface area contributed by atoms with E-state index in [0.717, 1.165) is 21.7 Å². The lowest BCUT2D eigenvalue weighted by molar-refractivity contribution is 0.0950. The summed E-state index contributed by atoms with van der Waals surface area (Å²) in [5, 5.41) is 2.89. The van der Waals surface area contributed by atoms with Gasteiger partial charge in [-0.25, -0.2) is 0 Å². The molecular formula is C12H15BrINO2. The van der Waals surface area contributed by atoms with Crippen molar-refractivity contribution in [1.82, 2.24) is 5.32 Å². The van der Waals surface area contributed by atoms with Gasteiger partial charge in [0.2, 0.25) is 0 Å². The average Bonchev–Trinajstić information content (AvgIpc) is 2.34. The van der Waals surface area contributed by atoms with Crippen molar-refractivity contribution in [3.8, 4) is 5.75 Å². The van der Waals surface area contributed by atoms with Gasteiger partial charge in [0.05, 0.1) is 12.7 Å². The number of hydrogen-bond acceptors (Lipinski definition) is 2. The number of alkyl halides is 1. The number of hydrogen-bond donors (Lipinski definition) is 1. The Bertz CT molecular complexity index is 385. The van der Waals surface area contributed by atoms with Crippen LogP contribution in [0.4, 0.5) is 0 Å². The average molecular weight is 412 g/mol. The van der Waals surface area contributed by atoms with Gasteiger partial charge in [-0.1, -0.05) is 38.5 Å². The molecule has 0 atom stereocenters. The van der Waals surface area contributed by atoms with Crippen LogP contribution in [0.15, 0.2) is 22.7 Å². The Morgan fingerprint density at radius 3 is 2.88 bits per heavy atom. The third-order valence-electron chi connectivity index (χ3n) is 2.25. The van der Waals surface area contributed by atoms with Gasteiger partial charge in [-0.05, 0) is 35.5 Å². The summed E-state index contributed by atoms with van der Waals surface area (Å²) >= 11 is 5.68. The number of unbranched alkanes of at least 4 members (excludes halogenated alkanes) is 1. The van der Waals surface area contributed by atoms with Crippen molar-refractivity contribution in [3.63, 3.8) is 0 Å². The fourth-order valence-corrected chi connectivity index (χ4v) is 2.25. The van der Waals surface area contributed by atoms with Crippen molar-refractivity contribution in [1.29, 1.82) is 0 Å². The minimum atomic E-state index is -0.0807. The molecule has 0 saturated heterocycles. The number of benzene rings is 1. The molecule has 0 aromatic heterocycles. The van der Waals surface area contributed by atoms with Crippen molar-refractivity contribution in [3.05, 3.63) is 28.2 Å². The van der Waals surface area contributed by atoms with Crippen molar-refractivity contribution in [2.24, 2.45) is 0 Å². The number of ether oxygens (including phenoxy) is 1. The van der Waals surface area contributed by atoms with Gasteiger partial charge in [0.1, 0.15) is 5.75 Å². The normalized spacial score (nSPS) is 10.1. The second-order valence-corrected chi connectivity index (χ2v) is 5.49. The predicted molar refractivity (Wildman–Crippen MR) is 81.1 cm³/mol. The van der Waals surface area contributed by atoms with Crippen LogP contribution >= 0.6 is 38.5 Å². The monoisotopic (exact) mass is 411 g/mol. The Morgan fingerprint density at radius 1 is 1.47 bits per heavy atom. The van der Waals surface area contributed by atoms with Crippen LogP contribution in [-0.2, 0) is 0 Å². The third kappa shape index (κ3) is 4.83. The minimum absolute atomic E-state index is 0.0807. The maximum atomic E-state index is 11.9. The lowest BCUT2D eigenvalue weighted by Gasteiger charge is -2.09. The summed E-state index contributed by atoms with van der Waals surface area (Å²) in [6, 6.07) is 5.39. The molecule has 0 bridgehead atoms. The van der Waals surface area contributed by atoms with Crippen molar-refractivity contribution in [2.45, 2.75) is 12.8 Å². The van der Waals surface area contributed by atoms with Gasteiger partial charge >= 0.3 is 0 Å². The molecule has 94 valence electrons. The Balaban J connectivity index is 2.62. The number of amides is 1. The van der Waals surface area contributed by atoms with Crippen LogP contribution in [0.5, 0.6) is 5.75 Å². The molecule has 0 radical (unpaired) electrons. The highest BCUT2D eigenvalue weighted by atomic mass is 127. The van der Waals surface area contributed by atoms with E-state index >= 15 is 0 Å². The number of methoxy groups -OCH3 is 1. The molecule has 1 aromatic carbocycles. The molecule has 0 fully saturated rings. The quantitative estimate of drug-likeness (QED) is 0.442. The van der Waals surface area contributed by atoms with Crippen LogP contribution in [0, 0.1) is 0 Å². The zero-order valence-corrected chi connectivity index (χ0v) is 13.4. The summed E-state index contributed by atoms with van der Waals surface area (Å²) in [5.41, 5.74) is 0.574. The molecule has 1 aromatic rings. The number of carbonyl (C=O) groups excluding carboxylic acids is 1. The van der Waals surface area contributed by atoms with E-state index in [2.05, 4.69) is 43.8 Å². The molecule has 0 unspecified atom stereocenters. The molecule has 0 saturated carbocycles. The summed E-state index contributed by atoms with van der Waals surface area (Å²) in [5.74, 6) is 0.508. The fraction of sp³-hybridized carbons (Fsp3) is 0.417. The van der Waals surface area contributed by atoms with E-state index in [9.17, 15) is 4.79 Å². The first-order valence-electron chi connectivity index (χ1n) is 5.36. The largest absolute Gasteiger partial charge is 0.496 e. The lowest BCUT2D eigenvalue weighted by atomic mass is 10.2. The molecule has 17 heavy (non-hydrogen) atoms. The first kappa shape index (κ1) is 14.8. The highest BCUT2D eigenvalue weighted by Crippen LogP contribution is 2.23. The second kappa shape index (κ2) is 7.92. The van der Waals surface area contributed by atoms with Crippen LogP contribution in [0.3, 0.4) is 0 Å². The smallest absolute Gasteiger partial charge is 0.255 e.